The summed E-state index contributed by atoms with van der Waals surface area (Å²) in [6.07, 6.45) is 0. The number of halogens is 2. The minimum atomic E-state index is -0.681. The molecule has 10 heteroatoms. The zero-order chi connectivity index (χ0) is 25.2. The highest BCUT2D eigenvalue weighted by Crippen LogP contribution is 2.40. The number of benzene rings is 2. The highest BCUT2D eigenvalue weighted by atomic mass is 79.9. The van der Waals surface area contributed by atoms with Gasteiger partial charge in [0.15, 0.2) is 23.1 Å². The van der Waals surface area contributed by atoms with Crippen LogP contribution < -0.4 is 19.5 Å². The Hall–Kier alpha value is -3.32. The fourth-order valence-corrected chi connectivity index (χ4v) is 4.06. The van der Waals surface area contributed by atoms with Gasteiger partial charge in [0.1, 0.15) is 18.1 Å². The molecule has 8 nitrogen and oxygen atoms in total. The summed E-state index contributed by atoms with van der Waals surface area (Å²) in [6.45, 7) is 6.13. The molecule has 0 spiro atoms. The molecule has 2 aromatic rings. The number of ether oxygens (including phenoxy) is 3. The normalized spacial score (nSPS) is 12.4. The lowest BCUT2D eigenvalue weighted by atomic mass is 9.84. The summed E-state index contributed by atoms with van der Waals surface area (Å²) in [5, 5.41) is 20.5. The SMILES string of the molecule is Br.COc1cc2c(c(F)c1OC)C(=N)N(CC(=O)c1cc(NCC#N)c(OC)c(C(C)(C)C)c1)C2. The van der Waals surface area contributed by atoms with Gasteiger partial charge in [0.2, 0.25) is 0 Å². The van der Waals surface area contributed by atoms with Crippen LogP contribution in [-0.4, -0.2) is 50.9 Å². The van der Waals surface area contributed by atoms with Crippen molar-refractivity contribution in [1.29, 1.82) is 10.7 Å². The van der Waals surface area contributed by atoms with Gasteiger partial charge in [0, 0.05) is 17.7 Å². The molecule has 0 unspecified atom stereocenters. The molecule has 1 aliphatic heterocycles. The maximum atomic E-state index is 15.0. The van der Waals surface area contributed by atoms with Crippen LogP contribution >= 0.6 is 17.0 Å². The third kappa shape index (κ3) is 5.35. The van der Waals surface area contributed by atoms with Gasteiger partial charge in [-0.05, 0) is 29.2 Å². The number of nitrogens with zero attached hydrogens (tertiary/aromatic N) is 2. The van der Waals surface area contributed by atoms with E-state index in [0.29, 0.717) is 22.6 Å². The Kier molecular flexibility index (Phi) is 8.74. The van der Waals surface area contributed by atoms with E-state index in [4.69, 9.17) is 24.9 Å². The van der Waals surface area contributed by atoms with E-state index in [1.54, 1.807) is 25.3 Å². The molecule has 1 heterocycles. The van der Waals surface area contributed by atoms with Crippen LogP contribution in [0.25, 0.3) is 0 Å². The van der Waals surface area contributed by atoms with Crippen molar-refractivity contribution in [3.63, 3.8) is 0 Å². The number of amidine groups is 1. The standard InChI is InChI=1S/C25H29FN4O4.BrH/c1-25(2,3)16-9-14(10-17(22(16)33-5)29-8-7-27)18(31)13-30-12-15-11-19(32-4)23(34-6)21(26)20(15)24(30)28;/h9-11,28-29H,8,12-13H2,1-6H3;1H. The van der Waals surface area contributed by atoms with Crippen LogP contribution in [0.5, 0.6) is 17.2 Å². The second-order valence-corrected chi connectivity index (χ2v) is 8.95. The lowest BCUT2D eigenvalue weighted by molar-refractivity contribution is 0.0962. The van der Waals surface area contributed by atoms with Crippen molar-refractivity contribution in [3.05, 3.63) is 46.3 Å². The van der Waals surface area contributed by atoms with Gasteiger partial charge in [-0.25, -0.2) is 4.39 Å². The average Bonchev–Trinajstić information content (AvgIpc) is 3.11. The number of nitriles is 1. The number of anilines is 1. The molecule has 188 valence electrons. The molecule has 2 N–H and O–H groups in total. The van der Waals surface area contributed by atoms with Crippen molar-refractivity contribution in [2.24, 2.45) is 0 Å². The molecule has 0 bridgehead atoms. The molecule has 2 aromatic carbocycles. The number of Topliss-reactive ketones (excluding diaryl/α,β-unsaturated/α-hetero) is 1. The summed E-state index contributed by atoms with van der Waals surface area (Å²) in [7, 11) is 4.30. The zero-order valence-corrected chi connectivity index (χ0v) is 22.4. The highest BCUT2D eigenvalue weighted by molar-refractivity contribution is 8.93. The fourth-order valence-electron chi connectivity index (χ4n) is 4.06. The number of ketones is 1. The predicted octanol–water partition coefficient (Wildman–Crippen LogP) is 4.69. The Labute approximate surface area is 215 Å². The Bertz CT molecular complexity index is 1190. The summed E-state index contributed by atoms with van der Waals surface area (Å²) < 4.78 is 31.0. The van der Waals surface area contributed by atoms with Crippen LogP contribution in [0.3, 0.4) is 0 Å². The molecule has 0 atom stereocenters. The monoisotopic (exact) mass is 548 g/mol. The van der Waals surface area contributed by atoms with E-state index in [1.165, 1.54) is 19.1 Å². The van der Waals surface area contributed by atoms with Gasteiger partial charge in [-0.2, -0.15) is 5.26 Å². The number of hydrogen-bond acceptors (Lipinski definition) is 7. The molecule has 3 rings (SSSR count). The van der Waals surface area contributed by atoms with E-state index in [0.717, 1.165) is 5.56 Å². The first-order valence-corrected chi connectivity index (χ1v) is 10.7. The van der Waals surface area contributed by atoms with Crippen molar-refractivity contribution >= 4 is 34.3 Å². The van der Waals surface area contributed by atoms with Gasteiger partial charge in [0.25, 0.3) is 0 Å². The van der Waals surface area contributed by atoms with Crippen LogP contribution in [0.1, 0.15) is 47.8 Å². The number of nitrogens with one attached hydrogen (secondary N) is 2. The van der Waals surface area contributed by atoms with Crippen LogP contribution in [-0.2, 0) is 12.0 Å². The minimum Gasteiger partial charge on any atom is -0.494 e. The Morgan fingerprint density at radius 3 is 2.37 bits per heavy atom. The molecular formula is C25H30BrFN4O4. The first kappa shape index (κ1) is 27.9. The van der Waals surface area contributed by atoms with E-state index in [-0.39, 0.29) is 70.7 Å². The number of fused-ring (bicyclic) bond motifs is 1. The first-order chi connectivity index (χ1) is 16.1. The number of carbonyl (C=O) groups is 1. The maximum Gasteiger partial charge on any atom is 0.197 e. The molecule has 0 fully saturated rings. The van der Waals surface area contributed by atoms with E-state index < -0.39 is 5.82 Å². The summed E-state index contributed by atoms with van der Waals surface area (Å²) in [5.41, 5.74) is 2.08. The average molecular weight is 549 g/mol. The topological polar surface area (TPSA) is 108 Å². The van der Waals surface area contributed by atoms with Crippen molar-refractivity contribution < 1.29 is 23.4 Å². The van der Waals surface area contributed by atoms with Crippen LogP contribution in [0, 0.1) is 22.6 Å². The predicted molar refractivity (Wildman–Crippen MR) is 137 cm³/mol. The highest BCUT2D eigenvalue weighted by Gasteiger charge is 2.33. The van der Waals surface area contributed by atoms with Gasteiger partial charge in [-0.1, -0.05) is 20.8 Å². The lowest BCUT2D eigenvalue weighted by Gasteiger charge is -2.25. The van der Waals surface area contributed by atoms with E-state index >= 15 is 4.39 Å². The summed E-state index contributed by atoms with van der Waals surface area (Å²) >= 11 is 0. The molecule has 0 radical (unpaired) electrons. The van der Waals surface area contributed by atoms with Crippen molar-refractivity contribution in [2.45, 2.75) is 32.7 Å². The second kappa shape index (κ2) is 11.0. The van der Waals surface area contributed by atoms with E-state index in [1.807, 2.05) is 26.8 Å². The second-order valence-electron chi connectivity index (χ2n) is 8.95. The molecular weight excluding hydrogens is 519 g/mol. The molecule has 35 heavy (non-hydrogen) atoms. The van der Waals surface area contributed by atoms with Gasteiger partial charge >= 0.3 is 0 Å². The van der Waals surface area contributed by atoms with Gasteiger partial charge in [0.05, 0.1) is 45.2 Å². The summed E-state index contributed by atoms with van der Waals surface area (Å²) in [5.74, 6) is -0.282. The smallest absolute Gasteiger partial charge is 0.197 e. The number of carbonyl (C=O) groups excluding carboxylic acids is 1. The van der Waals surface area contributed by atoms with Crippen molar-refractivity contribution in [3.8, 4) is 23.3 Å². The molecule has 1 aliphatic rings. The molecule has 0 saturated heterocycles. The van der Waals surface area contributed by atoms with E-state index in [9.17, 15) is 4.79 Å². The maximum absolute atomic E-state index is 15.0. The third-order valence-electron chi connectivity index (χ3n) is 5.72. The molecule has 0 amide bonds. The largest absolute Gasteiger partial charge is 0.494 e. The number of rotatable bonds is 8. The molecule has 0 saturated carbocycles. The van der Waals surface area contributed by atoms with E-state index in [2.05, 4.69) is 5.32 Å². The number of hydrogen-bond donors (Lipinski definition) is 2. The van der Waals surface area contributed by atoms with Gasteiger partial charge in [-0.15, -0.1) is 17.0 Å². The van der Waals surface area contributed by atoms with Crippen molar-refractivity contribution in [2.75, 3.05) is 39.7 Å². The number of methoxy groups -OCH3 is 3. The Balaban J connectivity index is 0.00000432. The summed E-state index contributed by atoms with van der Waals surface area (Å²) in [4.78, 5) is 14.8. The molecule has 0 aliphatic carbocycles. The van der Waals surface area contributed by atoms with Crippen LogP contribution in [0.2, 0.25) is 0 Å². The molecule has 0 aromatic heterocycles. The fraction of sp³-hybridized carbons (Fsp3) is 0.400. The quantitative estimate of drug-likeness (QED) is 0.364. The lowest BCUT2D eigenvalue weighted by Crippen LogP contribution is -2.30. The Morgan fingerprint density at radius 1 is 1.17 bits per heavy atom. The Morgan fingerprint density at radius 2 is 1.83 bits per heavy atom. The zero-order valence-electron chi connectivity index (χ0n) is 20.7. The van der Waals surface area contributed by atoms with Crippen molar-refractivity contribution in [1.82, 2.24) is 4.90 Å². The minimum absolute atomic E-state index is 0. The van der Waals surface area contributed by atoms with Crippen LogP contribution in [0.15, 0.2) is 18.2 Å². The van der Waals surface area contributed by atoms with Gasteiger partial charge < -0.3 is 24.4 Å². The summed E-state index contributed by atoms with van der Waals surface area (Å²) in [6, 6.07) is 7.08. The third-order valence-corrected chi connectivity index (χ3v) is 5.72. The van der Waals surface area contributed by atoms with Crippen LogP contribution in [0.4, 0.5) is 10.1 Å². The first-order valence-electron chi connectivity index (χ1n) is 10.7. The van der Waals surface area contributed by atoms with Gasteiger partial charge in [-0.3, -0.25) is 10.2 Å².